The van der Waals surface area contributed by atoms with Crippen LogP contribution in [0.15, 0.2) is 24.3 Å². The van der Waals surface area contributed by atoms with Crippen molar-refractivity contribution in [1.29, 1.82) is 0 Å². The number of fused-ring (bicyclic) bond motifs is 1. The number of aromatic nitrogens is 2. The van der Waals surface area contributed by atoms with Crippen molar-refractivity contribution in [3.05, 3.63) is 24.3 Å². The Kier molecular flexibility index (Phi) is 3.97. The van der Waals surface area contributed by atoms with Crippen molar-refractivity contribution < 1.29 is 9.47 Å². The van der Waals surface area contributed by atoms with Crippen molar-refractivity contribution in [2.24, 2.45) is 5.92 Å². The standard InChI is InChI=1S/C15H19N3O2/c1-19-14-15(20-10-11-5-4-8-16-9-11)18-13-7-3-2-6-12(13)17-14/h2-3,6-7,11,16H,4-5,8-10H2,1H3. The van der Waals surface area contributed by atoms with Crippen molar-refractivity contribution in [2.45, 2.75) is 12.8 Å². The molecule has 5 heteroatoms. The largest absolute Gasteiger partial charge is 0.477 e. The van der Waals surface area contributed by atoms with E-state index in [1.807, 2.05) is 24.3 Å². The highest BCUT2D eigenvalue weighted by molar-refractivity contribution is 5.75. The van der Waals surface area contributed by atoms with Gasteiger partial charge in [0.15, 0.2) is 0 Å². The van der Waals surface area contributed by atoms with Gasteiger partial charge in [0.1, 0.15) is 0 Å². The first-order valence-corrected chi connectivity index (χ1v) is 7.01. The summed E-state index contributed by atoms with van der Waals surface area (Å²) in [7, 11) is 1.59. The Bertz CT molecular complexity index is 582. The predicted molar refractivity (Wildman–Crippen MR) is 77.2 cm³/mol. The van der Waals surface area contributed by atoms with Gasteiger partial charge in [-0.1, -0.05) is 12.1 Å². The molecule has 20 heavy (non-hydrogen) atoms. The molecule has 106 valence electrons. The first kappa shape index (κ1) is 13.1. The number of benzene rings is 1. The molecule has 1 fully saturated rings. The number of methoxy groups -OCH3 is 1. The van der Waals surface area contributed by atoms with E-state index in [1.54, 1.807) is 7.11 Å². The van der Waals surface area contributed by atoms with Gasteiger partial charge in [-0.3, -0.25) is 0 Å². The van der Waals surface area contributed by atoms with Gasteiger partial charge in [0.05, 0.1) is 24.8 Å². The minimum absolute atomic E-state index is 0.451. The second-order valence-electron chi connectivity index (χ2n) is 5.05. The SMILES string of the molecule is COc1nc2ccccc2nc1OCC1CCCNC1. The van der Waals surface area contributed by atoms with E-state index in [4.69, 9.17) is 9.47 Å². The molecule has 5 nitrogen and oxygen atoms in total. The van der Waals surface area contributed by atoms with Crippen LogP contribution in [0.3, 0.4) is 0 Å². The van der Waals surface area contributed by atoms with Gasteiger partial charge in [0.25, 0.3) is 11.8 Å². The highest BCUT2D eigenvalue weighted by Gasteiger charge is 2.16. The molecule has 1 saturated heterocycles. The van der Waals surface area contributed by atoms with Crippen molar-refractivity contribution in [2.75, 3.05) is 26.8 Å². The first-order valence-electron chi connectivity index (χ1n) is 7.01. The summed E-state index contributed by atoms with van der Waals surface area (Å²) < 4.78 is 11.1. The lowest BCUT2D eigenvalue weighted by atomic mass is 10.0. The Morgan fingerprint density at radius 1 is 1.20 bits per heavy atom. The first-order chi connectivity index (χ1) is 9.86. The van der Waals surface area contributed by atoms with Gasteiger partial charge in [-0.05, 0) is 31.5 Å². The van der Waals surface area contributed by atoms with Crippen LogP contribution in [0.1, 0.15) is 12.8 Å². The number of nitrogens with zero attached hydrogens (tertiary/aromatic N) is 2. The third-order valence-corrected chi connectivity index (χ3v) is 3.56. The maximum atomic E-state index is 5.84. The quantitative estimate of drug-likeness (QED) is 0.923. The lowest BCUT2D eigenvalue weighted by Gasteiger charge is -2.22. The number of rotatable bonds is 4. The molecule has 0 aliphatic carbocycles. The van der Waals surface area contributed by atoms with Crippen LogP contribution in [0.25, 0.3) is 11.0 Å². The fraction of sp³-hybridized carbons (Fsp3) is 0.467. The predicted octanol–water partition coefficient (Wildman–Crippen LogP) is 2.02. The second kappa shape index (κ2) is 6.05. The number of nitrogens with one attached hydrogen (secondary N) is 1. The lowest BCUT2D eigenvalue weighted by molar-refractivity contribution is 0.203. The van der Waals surface area contributed by atoms with Crippen LogP contribution in [0.4, 0.5) is 0 Å². The summed E-state index contributed by atoms with van der Waals surface area (Å²) in [6.07, 6.45) is 2.39. The van der Waals surface area contributed by atoms with Crippen molar-refractivity contribution in [1.82, 2.24) is 15.3 Å². The summed E-state index contributed by atoms with van der Waals surface area (Å²) in [5.74, 6) is 1.46. The molecule has 1 aliphatic heterocycles. The lowest BCUT2D eigenvalue weighted by Crippen LogP contribution is -2.33. The molecule has 0 radical (unpaired) electrons. The normalized spacial score (nSPS) is 18.9. The molecule has 2 aromatic rings. The van der Waals surface area contributed by atoms with Gasteiger partial charge in [-0.15, -0.1) is 0 Å². The summed E-state index contributed by atoms with van der Waals surface area (Å²) in [4.78, 5) is 8.93. The Labute approximate surface area is 118 Å². The third kappa shape index (κ3) is 2.82. The zero-order chi connectivity index (χ0) is 13.8. The molecule has 1 aromatic carbocycles. The molecule has 1 aromatic heterocycles. The fourth-order valence-electron chi connectivity index (χ4n) is 2.46. The van der Waals surface area contributed by atoms with E-state index in [-0.39, 0.29) is 0 Å². The molecule has 1 aliphatic rings. The number of para-hydroxylation sites is 2. The molecule has 0 saturated carbocycles. The average molecular weight is 273 g/mol. The zero-order valence-corrected chi connectivity index (χ0v) is 11.6. The molecule has 2 heterocycles. The van der Waals surface area contributed by atoms with E-state index in [0.29, 0.717) is 24.3 Å². The van der Waals surface area contributed by atoms with E-state index in [1.165, 1.54) is 12.8 Å². The summed E-state index contributed by atoms with van der Waals surface area (Å²) in [6.45, 7) is 2.76. The zero-order valence-electron chi connectivity index (χ0n) is 11.6. The van der Waals surface area contributed by atoms with Crippen molar-refractivity contribution >= 4 is 11.0 Å². The van der Waals surface area contributed by atoms with Crippen LogP contribution in [-0.2, 0) is 0 Å². The summed E-state index contributed by atoms with van der Waals surface area (Å²) in [5.41, 5.74) is 1.64. The maximum absolute atomic E-state index is 5.84. The average Bonchev–Trinajstić information content (AvgIpc) is 2.53. The molecule has 0 bridgehead atoms. The minimum atomic E-state index is 0.451. The summed E-state index contributed by atoms with van der Waals surface area (Å²) >= 11 is 0. The fourth-order valence-corrected chi connectivity index (χ4v) is 2.46. The summed E-state index contributed by atoms with van der Waals surface area (Å²) in [6, 6.07) is 7.72. The Morgan fingerprint density at radius 2 is 1.95 bits per heavy atom. The maximum Gasteiger partial charge on any atom is 0.278 e. The molecular formula is C15H19N3O2. The Morgan fingerprint density at radius 3 is 2.60 bits per heavy atom. The highest BCUT2D eigenvalue weighted by atomic mass is 16.5. The van der Waals surface area contributed by atoms with E-state index < -0.39 is 0 Å². The molecular weight excluding hydrogens is 254 g/mol. The third-order valence-electron chi connectivity index (χ3n) is 3.56. The molecule has 0 amide bonds. The second-order valence-corrected chi connectivity index (χ2v) is 5.05. The van der Waals surface area contributed by atoms with Crippen LogP contribution in [0, 0.1) is 5.92 Å². The van der Waals surface area contributed by atoms with Gasteiger partial charge in [-0.25, -0.2) is 9.97 Å². The number of ether oxygens (including phenoxy) is 2. The molecule has 3 rings (SSSR count). The van der Waals surface area contributed by atoms with E-state index in [9.17, 15) is 0 Å². The van der Waals surface area contributed by atoms with E-state index >= 15 is 0 Å². The molecule has 1 N–H and O–H groups in total. The molecule has 1 atom stereocenters. The molecule has 0 spiro atoms. The number of hydrogen-bond acceptors (Lipinski definition) is 5. The monoisotopic (exact) mass is 273 g/mol. The summed E-state index contributed by atoms with van der Waals surface area (Å²) in [5, 5.41) is 3.38. The van der Waals surface area contributed by atoms with Gasteiger partial charge in [0, 0.05) is 12.5 Å². The Hall–Kier alpha value is -1.88. The van der Waals surface area contributed by atoms with Gasteiger partial charge in [-0.2, -0.15) is 0 Å². The number of piperidine rings is 1. The van der Waals surface area contributed by atoms with Crippen LogP contribution < -0.4 is 14.8 Å². The van der Waals surface area contributed by atoms with Crippen LogP contribution >= 0.6 is 0 Å². The Balaban J connectivity index is 1.78. The number of hydrogen-bond donors (Lipinski definition) is 1. The van der Waals surface area contributed by atoms with Crippen LogP contribution in [0.2, 0.25) is 0 Å². The van der Waals surface area contributed by atoms with Crippen molar-refractivity contribution in [3.8, 4) is 11.8 Å². The highest BCUT2D eigenvalue weighted by Crippen LogP contribution is 2.26. The van der Waals surface area contributed by atoms with Crippen molar-refractivity contribution in [3.63, 3.8) is 0 Å². The minimum Gasteiger partial charge on any atom is -0.477 e. The van der Waals surface area contributed by atoms with E-state index in [0.717, 1.165) is 24.1 Å². The van der Waals surface area contributed by atoms with Gasteiger partial charge < -0.3 is 14.8 Å². The molecule has 1 unspecified atom stereocenters. The van der Waals surface area contributed by atoms with Crippen LogP contribution in [0.5, 0.6) is 11.8 Å². The van der Waals surface area contributed by atoms with Gasteiger partial charge >= 0.3 is 0 Å². The van der Waals surface area contributed by atoms with Gasteiger partial charge in [0.2, 0.25) is 0 Å². The van der Waals surface area contributed by atoms with E-state index in [2.05, 4.69) is 15.3 Å². The van der Waals surface area contributed by atoms with Crippen LogP contribution in [-0.4, -0.2) is 36.8 Å². The topological polar surface area (TPSA) is 56.3 Å². The smallest absolute Gasteiger partial charge is 0.278 e.